The first-order valence-electron chi connectivity index (χ1n) is 9.95. The van der Waals surface area contributed by atoms with Crippen LogP contribution in [0, 0.1) is 10.1 Å². The number of non-ortho nitro benzene ring substituents is 1. The Morgan fingerprint density at radius 2 is 1.88 bits per heavy atom. The Morgan fingerprint density at radius 3 is 2.59 bits per heavy atom. The highest BCUT2D eigenvalue weighted by atomic mass is 32.1. The number of ether oxygens (including phenoxy) is 2. The third kappa shape index (κ3) is 4.58. The molecular formula is C22H17N3O7S2. The van der Waals surface area contributed by atoms with Crippen molar-refractivity contribution >= 4 is 66.5 Å². The molecule has 0 saturated heterocycles. The Morgan fingerprint density at radius 1 is 1.09 bits per heavy atom. The number of amides is 1. The van der Waals surface area contributed by atoms with Crippen LogP contribution in [0.1, 0.15) is 27.0 Å². The largest absolute Gasteiger partial charge is 0.465 e. The third-order valence-electron chi connectivity index (χ3n) is 4.82. The van der Waals surface area contributed by atoms with Crippen LogP contribution in [-0.2, 0) is 20.8 Å². The molecule has 4 aromatic rings. The molecule has 0 aliphatic heterocycles. The van der Waals surface area contributed by atoms with Crippen molar-refractivity contribution in [1.82, 2.24) is 4.57 Å². The first kappa shape index (κ1) is 23.3. The Bertz CT molecular complexity index is 1530. The van der Waals surface area contributed by atoms with Gasteiger partial charge in [-0.15, -0.1) is 11.3 Å². The average Bonchev–Trinajstić information content (AvgIpc) is 3.39. The number of nitro benzene ring substituents is 1. The molecule has 34 heavy (non-hydrogen) atoms. The fourth-order valence-electron chi connectivity index (χ4n) is 3.28. The van der Waals surface area contributed by atoms with Gasteiger partial charge in [0.15, 0.2) is 4.80 Å². The minimum Gasteiger partial charge on any atom is -0.465 e. The zero-order valence-electron chi connectivity index (χ0n) is 18.0. The molecule has 0 radical (unpaired) electrons. The summed E-state index contributed by atoms with van der Waals surface area (Å²) in [4.78, 5) is 52.4. The molecule has 2 aromatic carbocycles. The maximum Gasteiger partial charge on any atom is 0.337 e. The molecule has 1 amide bonds. The van der Waals surface area contributed by atoms with E-state index in [4.69, 9.17) is 9.47 Å². The van der Waals surface area contributed by atoms with E-state index in [1.165, 1.54) is 30.6 Å². The first-order chi connectivity index (χ1) is 16.3. The summed E-state index contributed by atoms with van der Waals surface area (Å²) in [5.41, 5.74) is 0.854. The van der Waals surface area contributed by atoms with Gasteiger partial charge >= 0.3 is 11.9 Å². The SMILES string of the molecule is CCOC(=O)Cn1c(=NC(=O)c2cc3cc([N+](=O)[O-])ccc3s2)sc2cc(C(=O)OC)ccc21. The molecule has 174 valence electrons. The molecule has 2 aromatic heterocycles. The second-order valence-electron chi connectivity index (χ2n) is 6.96. The molecule has 0 spiro atoms. The van der Waals surface area contributed by atoms with Gasteiger partial charge in [-0.05, 0) is 37.3 Å². The van der Waals surface area contributed by atoms with Gasteiger partial charge in [0, 0.05) is 22.2 Å². The van der Waals surface area contributed by atoms with Crippen molar-refractivity contribution in [2.24, 2.45) is 4.99 Å². The van der Waals surface area contributed by atoms with E-state index in [1.807, 2.05) is 0 Å². The predicted octanol–water partition coefficient (Wildman–Crippen LogP) is 3.92. The van der Waals surface area contributed by atoms with Gasteiger partial charge in [0.25, 0.3) is 11.6 Å². The zero-order chi connectivity index (χ0) is 24.4. The van der Waals surface area contributed by atoms with Crippen molar-refractivity contribution in [3.63, 3.8) is 0 Å². The highest BCUT2D eigenvalue weighted by Crippen LogP contribution is 2.29. The van der Waals surface area contributed by atoms with Crippen LogP contribution in [0.2, 0.25) is 0 Å². The number of methoxy groups -OCH3 is 1. The molecule has 0 bridgehead atoms. The summed E-state index contributed by atoms with van der Waals surface area (Å²) in [5.74, 6) is -1.57. The first-order valence-corrected chi connectivity index (χ1v) is 11.6. The number of aromatic nitrogens is 1. The van der Waals surface area contributed by atoms with Crippen LogP contribution in [-0.4, -0.2) is 41.1 Å². The van der Waals surface area contributed by atoms with Crippen molar-refractivity contribution in [1.29, 1.82) is 0 Å². The fraction of sp³-hybridized carbons (Fsp3) is 0.182. The Hall–Kier alpha value is -3.90. The van der Waals surface area contributed by atoms with Crippen molar-refractivity contribution in [3.05, 3.63) is 67.8 Å². The standard InChI is InChI=1S/C22H17N3O7S2/c1-3-32-19(26)11-24-15-6-4-12(21(28)31-2)9-17(15)34-22(24)23-20(27)18-10-13-8-14(25(29)30)5-7-16(13)33-18/h4-10H,3,11H2,1-2H3. The lowest BCUT2D eigenvalue weighted by molar-refractivity contribution is -0.384. The van der Waals surface area contributed by atoms with Gasteiger partial charge in [-0.25, -0.2) is 4.79 Å². The molecule has 0 unspecified atom stereocenters. The number of rotatable bonds is 6. The number of nitrogens with zero attached hydrogens (tertiary/aromatic N) is 3. The lowest BCUT2D eigenvalue weighted by atomic mass is 10.2. The van der Waals surface area contributed by atoms with E-state index in [9.17, 15) is 24.5 Å². The Kier molecular flexibility index (Phi) is 6.52. The summed E-state index contributed by atoms with van der Waals surface area (Å²) in [6.07, 6.45) is 0. The van der Waals surface area contributed by atoms with E-state index in [0.29, 0.717) is 30.7 Å². The number of carbonyl (C=O) groups excluding carboxylic acids is 3. The van der Waals surface area contributed by atoms with E-state index >= 15 is 0 Å². The van der Waals surface area contributed by atoms with Gasteiger partial charge < -0.3 is 14.0 Å². The summed E-state index contributed by atoms with van der Waals surface area (Å²) in [6, 6.07) is 10.7. The van der Waals surface area contributed by atoms with E-state index in [0.717, 1.165) is 11.3 Å². The smallest absolute Gasteiger partial charge is 0.337 e. The van der Waals surface area contributed by atoms with Crippen LogP contribution in [0.25, 0.3) is 20.3 Å². The minimum atomic E-state index is -0.554. The molecule has 0 atom stereocenters. The number of hydrogen-bond acceptors (Lipinski definition) is 9. The molecule has 0 saturated carbocycles. The average molecular weight is 500 g/mol. The number of fused-ring (bicyclic) bond motifs is 2. The van der Waals surface area contributed by atoms with Crippen molar-refractivity contribution in [2.75, 3.05) is 13.7 Å². The van der Waals surface area contributed by atoms with Crippen molar-refractivity contribution < 1.29 is 28.8 Å². The fourth-order valence-corrected chi connectivity index (χ4v) is 5.28. The molecule has 0 aliphatic carbocycles. The Balaban J connectivity index is 1.80. The normalized spacial score (nSPS) is 11.6. The highest BCUT2D eigenvalue weighted by Gasteiger charge is 2.17. The van der Waals surface area contributed by atoms with Gasteiger partial charge in [-0.1, -0.05) is 11.3 Å². The summed E-state index contributed by atoms with van der Waals surface area (Å²) in [6.45, 7) is 1.72. The number of thiophene rings is 1. The number of hydrogen-bond donors (Lipinski definition) is 0. The van der Waals surface area contributed by atoms with Crippen LogP contribution >= 0.6 is 22.7 Å². The van der Waals surface area contributed by atoms with Gasteiger partial charge in [-0.2, -0.15) is 4.99 Å². The number of esters is 2. The minimum absolute atomic E-state index is 0.0700. The lowest BCUT2D eigenvalue weighted by Gasteiger charge is -2.05. The number of thiazole rings is 1. The van der Waals surface area contributed by atoms with Gasteiger partial charge in [-0.3, -0.25) is 19.7 Å². The molecule has 0 N–H and O–H groups in total. The Labute approximate surface area is 199 Å². The topological polar surface area (TPSA) is 130 Å². The molecule has 0 aliphatic rings. The van der Waals surface area contributed by atoms with Crippen molar-refractivity contribution in [3.8, 4) is 0 Å². The quantitative estimate of drug-likeness (QED) is 0.223. The van der Waals surface area contributed by atoms with Crippen LogP contribution in [0.3, 0.4) is 0 Å². The third-order valence-corrected chi connectivity index (χ3v) is 6.96. The molecule has 10 nitrogen and oxygen atoms in total. The summed E-state index contributed by atoms with van der Waals surface area (Å²) < 4.78 is 12.7. The van der Waals surface area contributed by atoms with Crippen LogP contribution in [0.5, 0.6) is 0 Å². The van der Waals surface area contributed by atoms with E-state index in [-0.39, 0.29) is 23.6 Å². The maximum absolute atomic E-state index is 13.0. The van der Waals surface area contributed by atoms with Gasteiger partial charge in [0.1, 0.15) is 6.54 Å². The summed E-state index contributed by atoms with van der Waals surface area (Å²) in [7, 11) is 1.28. The second-order valence-corrected chi connectivity index (χ2v) is 9.05. The number of benzene rings is 2. The predicted molar refractivity (Wildman–Crippen MR) is 126 cm³/mol. The maximum atomic E-state index is 13.0. The number of nitro groups is 1. The zero-order valence-corrected chi connectivity index (χ0v) is 19.6. The van der Waals surface area contributed by atoms with Gasteiger partial charge in [0.05, 0.1) is 39.3 Å². The van der Waals surface area contributed by atoms with Crippen LogP contribution in [0.15, 0.2) is 47.5 Å². The lowest BCUT2D eigenvalue weighted by Crippen LogP contribution is -2.23. The summed E-state index contributed by atoms with van der Waals surface area (Å²) >= 11 is 2.30. The molecular weight excluding hydrogens is 482 g/mol. The molecule has 2 heterocycles. The van der Waals surface area contributed by atoms with E-state index in [1.54, 1.807) is 41.8 Å². The van der Waals surface area contributed by atoms with Crippen molar-refractivity contribution in [2.45, 2.75) is 13.5 Å². The number of carbonyl (C=O) groups is 3. The highest BCUT2D eigenvalue weighted by molar-refractivity contribution is 7.21. The second kappa shape index (κ2) is 9.53. The van der Waals surface area contributed by atoms with Crippen LogP contribution in [0.4, 0.5) is 5.69 Å². The molecule has 0 fully saturated rings. The van der Waals surface area contributed by atoms with E-state index < -0.39 is 22.8 Å². The van der Waals surface area contributed by atoms with E-state index in [2.05, 4.69) is 4.99 Å². The monoisotopic (exact) mass is 499 g/mol. The van der Waals surface area contributed by atoms with Gasteiger partial charge in [0.2, 0.25) is 0 Å². The molecule has 12 heteroatoms. The summed E-state index contributed by atoms with van der Waals surface area (Å²) in [5, 5.41) is 11.6. The van der Waals surface area contributed by atoms with Crippen LogP contribution < -0.4 is 4.80 Å². The molecule has 4 rings (SSSR count).